The van der Waals surface area contributed by atoms with Gasteiger partial charge in [0, 0.05) is 21.9 Å². The van der Waals surface area contributed by atoms with Crippen molar-refractivity contribution in [2.24, 2.45) is 0 Å². The summed E-state index contributed by atoms with van der Waals surface area (Å²) in [5.41, 5.74) is 1.89. The topological polar surface area (TPSA) is 20.3 Å². The van der Waals surface area contributed by atoms with E-state index < -0.39 is 0 Å². The Bertz CT molecular complexity index is 858. The number of carbonyl (C=O) groups excluding carboxylic acids is 1. The van der Waals surface area contributed by atoms with Gasteiger partial charge in [0.05, 0.1) is 15.6 Å². The fraction of sp³-hybridized carbons (Fsp3) is 0.0952. The SMILES string of the molecule is C=CC1=C(C=C)C(=O)/C(=C/C=C/C=C2\Sc3ccccc3N2CC)S1. The lowest BCUT2D eigenvalue weighted by atomic mass is 10.1. The van der Waals surface area contributed by atoms with Gasteiger partial charge in [-0.3, -0.25) is 4.79 Å². The van der Waals surface area contributed by atoms with Crippen LogP contribution in [0.5, 0.6) is 0 Å². The van der Waals surface area contributed by atoms with E-state index in [0.29, 0.717) is 10.5 Å². The Morgan fingerprint density at radius 3 is 2.52 bits per heavy atom. The Hall–Kier alpha value is -2.17. The van der Waals surface area contributed by atoms with Crippen LogP contribution in [0.1, 0.15) is 6.92 Å². The Balaban J connectivity index is 1.74. The van der Waals surface area contributed by atoms with Crippen molar-refractivity contribution in [2.75, 3.05) is 11.4 Å². The molecule has 0 amide bonds. The van der Waals surface area contributed by atoms with Gasteiger partial charge in [-0.15, -0.1) is 0 Å². The van der Waals surface area contributed by atoms with E-state index in [4.69, 9.17) is 0 Å². The highest BCUT2D eigenvalue weighted by Gasteiger charge is 2.25. The average Bonchev–Trinajstić information content (AvgIpc) is 3.15. The first kappa shape index (κ1) is 17.6. The van der Waals surface area contributed by atoms with Crippen molar-refractivity contribution in [1.82, 2.24) is 0 Å². The fourth-order valence-corrected chi connectivity index (χ4v) is 4.80. The number of hydrogen-bond acceptors (Lipinski definition) is 4. The maximum absolute atomic E-state index is 12.3. The molecule has 25 heavy (non-hydrogen) atoms. The average molecular weight is 366 g/mol. The van der Waals surface area contributed by atoms with Crippen LogP contribution in [-0.2, 0) is 4.79 Å². The van der Waals surface area contributed by atoms with Crippen LogP contribution in [0.2, 0.25) is 0 Å². The van der Waals surface area contributed by atoms with E-state index >= 15 is 0 Å². The largest absolute Gasteiger partial charge is 0.335 e. The molecule has 2 aliphatic rings. The summed E-state index contributed by atoms with van der Waals surface area (Å²) < 4.78 is 0. The quantitative estimate of drug-likeness (QED) is 0.610. The van der Waals surface area contributed by atoms with Crippen molar-refractivity contribution in [2.45, 2.75) is 11.8 Å². The van der Waals surface area contributed by atoms with Crippen LogP contribution in [0.15, 0.2) is 99.2 Å². The van der Waals surface area contributed by atoms with Gasteiger partial charge in [0.25, 0.3) is 0 Å². The van der Waals surface area contributed by atoms with Crippen LogP contribution < -0.4 is 4.90 Å². The van der Waals surface area contributed by atoms with Gasteiger partial charge in [0.2, 0.25) is 5.78 Å². The molecule has 0 spiro atoms. The summed E-state index contributed by atoms with van der Waals surface area (Å²) in [4.78, 5) is 17.4. The predicted octanol–water partition coefficient (Wildman–Crippen LogP) is 5.84. The molecule has 1 aromatic rings. The third-order valence-corrected chi connectivity index (χ3v) is 6.17. The molecule has 4 heteroatoms. The number of fused-ring (bicyclic) bond motifs is 1. The van der Waals surface area contributed by atoms with E-state index in [1.807, 2.05) is 18.2 Å². The second-order valence-electron chi connectivity index (χ2n) is 5.35. The lowest BCUT2D eigenvalue weighted by molar-refractivity contribution is -0.111. The summed E-state index contributed by atoms with van der Waals surface area (Å²) >= 11 is 3.21. The third-order valence-electron chi connectivity index (χ3n) is 3.89. The molecule has 0 radical (unpaired) electrons. The second kappa shape index (κ2) is 7.81. The molecule has 0 saturated carbocycles. The van der Waals surface area contributed by atoms with Crippen LogP contribution in [0, 0.1) is 0 Å². The monoisotopic (exact) mass is 365 g/mol. The zero-order valence-electron chi connectivity index (χ0n) is 14.1. The number of rotatable bonds is 5. The Labute approximate surface area is 157 Å². The smallest absolute Gasteiger partial charge is 0.200 e. The molecule has 126 valence electrons. The van der Waals surface area contributed by atoms with Gasteiger partial charge in [-0.05, 0) is 31.2 Å². The number of ketones is 1. The molecule has 2 heterocycles. The van der Waals surface area contributed by atoms with Crippen molar-refractivity contribution < 1.29 is 4.79 Å². The first-order valence-electron chi connectivity index (χ1n) is 8.04. The molecule has 2 aliphatic heterocycles. The number of para-hydroxylation sites is 1. The number of Topliss-reactive ketones (excluding diaryl/α,β-unsaturated/α-hetero) is 1. The van der Waals surface area contributed by atoms with Gasteiger partial charge in [0.1, 0.15) is 0 Å². The summed E-state index contributed by atoms with van der Waals surface area (Å²) in [5.74, 6) is 0.0186. The number of nitrogens with zero attached hydrogens (tertiary/aromatic N) is 1. The van der Waals surface area contributed by atoms with Gasteiger partial charge < -0.3 is 4.90 Å². The Morgan fingerprint density at radius 1 is 1.08 bits per heavy atom. The molecule has 0 saturated heterocycles. The normalized spacial score (nSPS) is 20.2. The van der Waals surface area contributed by atoms with Gasteiger partial charge in [-0.1, -0.05) is 73.1 Å². The number of thioether (sulfide) groups is 2. The van der Waals surface area contributed by atoms with E-state index in [0.717, 1.165) is 11.4 Å². The molecular formula is C21H19NOS2. The molecule has 0 N–H and O–H groups in total. The molecule has 0 unspecified atom stereocenters. The molecular weight excluding hydrogens is 346 g/mol. The van der Waals surface area contributed by atoms with Crippen LogP contribution in [0.25, 0.3) is 0 Å². The minimum atomic E-state index is 0.0186. The van der Waals surface area contributed by atoms with Crippen molar-refractivity contribution in [3.05, 3.63) is 94.3 Å². The van der Waals surface area contributed by atoms with Gasteiger partial charge in [-0.25, -0.2) is 0 Å². The minimum absolute atomic E-state index is 0.0186. The van der Waals surface area contributed by atoms with E-state index in [-0.39, 0.29) is 5.78 Å². The van der Waals surface area contributed by atoms with Crippen molar-refractivity contribution in [3.8, 4) is 0 Å². The summed E-state index contributed by atoms with van der Waals surface area (Å²) in [6.45, 7) is 10.5. The molecule has 0 bridgehead atoms. The highest BCUT2D eigenvalue weighted by molar-refractivity contribution is 8.08. The van der Waals surface area contributed by atoms with Crippen molar-refractivity contribution >= 4 is 35.0 Å². The Morgan fingerprint density at radius 2 is 1.84 bits per heavy atom. The van der Waals surface area contributed by atoms with Crippen molar-refractivity contribution in [3.63, 3.8) is 0 Å². The summed E-state index contributed by atoms with van der Waals surface area (Å²) in [5, 5.41) is 1.19. The van der Waals surface area contributed by atoms with Crippen LogP contribution in [0.3, 0.4) is 0 Å². The standard InChI is InChI=1S/C21H19NOS2/c1-4-15-17(5-2)24-19(21(15)23)13-9-10-14-20-22(6-3)16-11-7-8-12-18(16)25-20/h4-5,7-14H,1-2,6H2,3H3/b10-9+,19-13-,20-14-. The number of benzene rings is 1. The first-order valence-corrected chi connectivity index (χ1v) is 9.67. The van der Waals surface area contributed by atoms with Crippen LogP contribution in [-0.4, -0.2) is 12.3 Å². The van der Waals surface area contributed by atoms with Gasteiger partial charge >= 0.3 is 0 Å². The molecule has 1 aromatic carbocycles. The highest BCUT2D eigenvalue weighted by atomic mass is 32.2. The van der Waals surface area contributed by atoms with Crippen LogP contribution >= 0.6 is 23.5 Å². The lowest BCUT2D eigenvalue weighted by Crippen LogP contribution is -2.16. The van der Waals surface area contributed by atoms with E-state index in [1.165, 1.54) is 27.4 Å². The van der Waals surface area contributed by atoms with E-state index in [9.17, 15) is 4.79 Å². The zero-order valence-corrected chi connectivity index (χ0v) is 15.7. The maximum Gasteiger partial charge on any atom is 0.200 e. The highest BCUT2D eigenvalue weighted by Crippen LogP contribution is 2.45. The maximum atomic E-state index is 12.3. The van der Waals surface area contributed by atoms with E-state index in [1.54, 1.807) is 23.9 Å². The fourth-order valence-electron chi connectivity index (χ4n) is 2.70. The predicted molar refractivity (Wildman–Crippen MR) is 111 cm³/mol. The van der Waals surface area contributed by atoms with E-state index in [2.05, 4.69) is 55.3 Å². The molecule has 3 rings (SSSR count). The van der Waals surface area contributed by atoms with Gasteiger partial charge in [-0.2, -0.15) is 0 Å². The first-order chi connectivity index (χ1) is 12.2. The third kappa shape index (κ3) is 3.46. The molecule has 0 aromatic heterocycles. The summed E-state index contributed by atoms with van der Waals surface area (Å²) in [7, 11) is 0. The van der Waals surface area contributed by atoms with Crippen molar-refractivity contribution in [1.29, 1.82) is 0 Å². The number of allylic oxidation sites excluding steroid dienone is 8. The number of carbonyl (C=O) groups is 1. The number of hydrogen-bond donors (Lipinski definition) is 0. The second-order valence-corrected chi connectivity index (χ2v) is 7.50. The summed E-state index contributed by atoms with van der Waals surface area (Å²) in [6.07, 6.45) is 11.1. The zero-order chi connectivity index (χ0) is 17.8. The molecule has 0 aliphatic carbocycles. The molecule has 0 fully saturated rings. The van der Waals surface area contributed by atoms with Crippen LogP contribution in [0.4, 0.5) is 5.69 Å². The lowest BCUT2D eigenvalue weighted by Gasteiger charge is -2.17. The molecule has 2 nitrogen and oxygen atoms in total. The number of anilines is 1. The Kier molecular flexibility index (Phi) is 5.51. The molecule has 0 atom stereocenters. The summed E-state index contributed by atoms with van der Waals surface area (Å²) in [6, 6.07) is 8.41. The minimum Gasteiger partial charge on any atom is -0.335 e. The van der Waals surface area contributed by atoms with Gasteiger partial charge in [0.15, 0.2) is 0 Å².